The SMILES string of the molecule is CCN(C(=O)c1c(O)c2c(n(C)c1=O)=CCCC=2Cl)C1=CCCC=C1. The standard InChI is InChI=1S/C19H21ClN2O3/c1-3-22(12-8-5-4-6-9-12)19(25)16-17(23)15-13(20)10-7-11-14(15)21(2)18(16)24/h5,8-9,11,23H,3-4,6-7,10H2,1-2H3. The first kappa shape index (κ1) is 17.5. The van der Waals surface area contributed by atoms with Crippen LogP contribution in [-0.2, 0) is 7.05 Å². The van der Waals surface area contributed by atoms with Crippen LogP contribution in [0.4, 0.5) is 0 Å². The fourth-order valence-corrected chi connectivity index (χ4v) is 3.63. The molecule has 5 nitrogen and oxygen atoms in total. The molecule has 0 atom stereocenters. The number of nitrogens with zero attached hydrogens (tertiary/aromatic N) is 2. The summed E-state index contributed by atoms with van der Waals surface area (Å²) < 4.78 is 1.39. The van der Waals surface area contributed by atoms with Crippen LogP contribution in [0.2, 0.25) is 0 Å². The molecule has 1 amide bonds. The summed E-state index contributed by atoms with van der Waals surface area (Å²) in [6.07, 6.45) is 10.8. The number of carbonyl (C=O) groups excluding carboxylic acids is 1. The van der Waals surface area contributed by atoms with Crippen molar-refractivity contribution in [2.75, 3.05) is 6.54 Å². The van der Waals surface area contributed by atoms with Crippen molar-refractivity contribution in [3.05, 3.63) is 50.4 Å². The maximum absolute atomic E-state index is 13.1. The van der Waals surface area contributed by atoms with Gasteiger partial charge in [0.1, 0.15) is 11.3 Å². The van der Waals surface area contributed by atoms with Crippen molar-refractivity contribution >= 4 is 28.6 Å². The van der Waals surface area contributed by atoms with E-state index in [1.54, 1.807) is 7.05 Å². The van der Waals surface area contributed by atoms with Gasteiger partial charge in [-0.05, 0) is 38.7 Å². The predicted octanol–water partition coefficient (Wildman–Crippen LogP) is 1.71. The molecule has 2 aliphatic carbocycles. The van der Waals surface area contributed by atoms with Crippen LogP contribution in [0.25, 0.3) is 11.1 Å². The van der Waals surface area contributed by atoms with Gasteiger partial charge in [0.05, 0.1) is 10.6 Å². The third-order valence-corrected chi connectivity index (χ3v) is 5.02. The molecule has 0 aliphatic heterocycles. The summed E-state index contributed by atoms with van der Waals surface area (Å²) >= 11 is 6.29. The molecule has 0 radical (unpaired) electrons. The van der Waals surface area contributed by atoms with Crippen molar-refractivity contribution in [2.24, 2.45) is 7.05 Å². The van der Waals surface area contributed by atoms with Gasteiger partial charge in [-0.25, -0.2) is 0 Å². The van der Waals surface area contributed by atoms with Crippen molar-refractivity contribution in [2.45, 2.75) is 32.6 Å². The first-order valence-corrected chi connectivity index (χ1v) is 8.84. The lowest BCUT2D eigenvalue weighted by molar-refractivity contribution is 0.0811. The highest BCUT2D eigenvalue weighted by molar-refractivity contribution is 6.45. The van der Waals surface area contributed by atoms with Crippen LogP contribution in [0.15, 0.2) is 28.7 Å². The molecule has 1 heterocycles. The summed E-state index contributed by atoms with van der Waals surface area (Å²) in [5.74, 6) is -0.820. The molecule has 0 fully saturated rings. The van der Waals surface area contributed by atoms with Crippen molar-refractivity contribution in [1.82, 2.24) is 9.47 Å². The molecule has 25 heavy (non-hydrogen) atoms. The average molecular weight is 361 g/mol. The van der Waals surface area contributed by atoms with Crippen LogP contribution in [-0.4, -0.2) is 27.0 Å². The zero-order valence-electron chi connectivity index (χ0n) is 14.4. The third-order valence-electron chi connectivity index (χ3n) is 4.64. The Bertz CT molecular complexity index is 970. The molecule has 2 aliphatic rings. The minimum atomic E-state index is -0.511. The van der Waals surface area contributed by atoms with Crippen LogP contribution >= 0.6 is 11.6 Å². The fraction of sp³-hybridized carbons (Fsp3) is 0.368. The first-order chi connectivity index (χ1) is 12.0. The van der Waals surface area contributed by atoms with Gasteiger partial charge in [0.2, 0.25) is 0 Å². The number of amides is 1. The minimum absolute atomic E-state index is 0.226. The number of fused-ring (bicyclic) bond motifs is 1. The van der Waals surface area contributed by atoms with E-state index < -0.39 is 11.5 Å². The molecule has 0 saturated heterocycles. The Balaban J connectivity index is 2.23. The summed E-state index contributed by atoms with van der Waals surface area (Å²) in [5.41, 5.74) is 0.0127. The minimum Gasteiger partial charge on any atom is -0.506 e. The van der Waals surface area contributed by atoms with Gasteiger partial charge in [-0.3, -0.25) is 9.59 Å². The molecular weight excluding hydrogens is 340 g/mol. The van der Waals surface area contributed by atoms with Gasteiger partial charge in [0, 0.05) is 24.3 Å². The van der Waals surface area contributed by atoms with Crippen LogP contribution in [0, 0.1) is 0 Å². The lowest BCUT2D eigenvalue weighted by atomic mass is 10.1. The number of pyridine rings is 1. The Kier molecular flexibility index (Phi) is 4.86. The topological polar surface area (TPSA) is 62.5 Å². The number of allylic oxidation sites excluding steroid dienone is 3. The van der Waals surface area contributed by atoms with E-state index in [0.29, 0.717) is 35.0 Å². The monoisotopic (exact) mass is 360 g/mol. The summed E-state index contributed by atoms with van der Waals surface area (Å²) in [5, 5.41) is 12.1. The van der Waals surface area contributed by atoms with Crippen LogP contribution in [0.5, 0.6) is 5.75 Å². The highest BCUT2D eigenvalue weighted by Crippen LogP contribution is 2.20. The number of halogens is 1. The number of carbonyl (C=O) groups is 1. The number of likely N-dealkylation sites (N-methyl/N-ethyl adjacent to an activating group) is 1. The second-order valence-corrected chi connectivity index (χ2v) is 6.61. The zero-order valence-corrected chi connectivity index (χ0v) is 15.1. The molecule has 1 N–H and O–H groups in total. The van der Waals surface area contributed by atoms with Crippen molar-refractivity contribution in [3.8, 4) is 5.75 Å². The molecule has 0 saturated carbocycles. The number of aromatic hydroxyl groups is 1. The normalized spacial score (nSPS) is 16.1. The summed E-state index contributed by atoms with van der Waals surface area (Å²) in [4.78, 5) is 27.3. The number of hydrogen-bond acceptors (Lipinski definition) is 3. The summed E-state index contributed by atoms with van der Waals surface area (Å²) in [7, 11) is 1.60. The van der Waals surface area contributed by atoms with E-state index in [9.17, 15) is 14.7 Å². The molecule has 1 aromatic heterocycles. The Morgan fingerprint density at radius 2 is 2.08 bits per heavy atom. The summed E-state index contributed by atoms with van der Waals surface area (Å²) in [6.45, 7) is 2.24. The Hall–Kier alpha value is -2.27. The van der Waals surface area contributed by atoms with Gasteiger partial charge in [-0.15, -0.1) is 0 Å². The van der Waals surface area contributed by atoms with Gasteiger partial charge in [0.25, 0.3) is 11.5 Å². The van der Waals surface area contributed by atoms with E-state index in [2.05, 4.69) is 0 Å². The molecule has 1 aromatic rings. The molecule has 0 bridgehead atoms. The largest absolute Gasteiger partial charge is 0.506 e. The lowest BCUT2D eigenvalue weighted by Crippen LogP contribution is -2.47. The number of hydrogen-bond donors (Lipinski definition) is 1. The molecule has 3 rings (SSSR count). The zero-order chi connectivity index (χ0) is 18.1. The van der Waals surface area contributed by atoms with Crippen molar-refractivity contribution in [3.63, 3.8) is 0 Å². The van der Waals surface area contributed by atoms with Gasteiger partial charge in [-0.2, -0.15) is 0 Å². The molecule has 0 aromatic carbocycles. The van der Waals surface area contributed by atoms with E-state index in [1.807, 2.05) is 31.2 Å². The Morgan fingerprint density at radius 3 is 2.72 bits per heavy atom. The quantitative estimate of drug-likeness (QED) is 0.892. The molecule has 0 unspecified atom stereocenters. The van der Waals surface area contributed by atoms with E-state index in [1.165, 1.54) is 9.47 Å². The maximum Gasteiger partial charge on any atom is 0.267 e. The molecule has 0 spiro atoms. The lowest BCUT2D eigenvalue weighted by Gasteiger charge is -2.24. The van der Waals surface area contributed by atoms with Gasteiger partial charge >= 0.3 is 0 Å². The number of aromatic nitrogens is 1. The van der Waals surface area contributed by atoms with Crippen LogP contribution in [0.1, 0.15) is 43.0 Å². The first-order valence-electron chi connectivity index (χ1n) is 8.46. The van der Waals surface area contributed by atoms with Gasteiger partial charge in [-0.1, -0.05) is 29.8 Å². The average Bonchev–Trinajstić information content (AvgIpc) is 2.61. The van der Waals surface area contributed by atoms with E-state index in [4.69, 9.17) is 11.6 Å². The van der Waals surface area contributed by atoms with Crippen molar-refractivity contribution < 1.29 is 9.90 Å². The number of rotatable bonds is 3. The molecule has 132 valence electrons. The third kappa shape index (κ3) is 2.93. The smallest absolute Gasteiger partial charge is 0.267 e. The van der Waals surface area contributed by atoms with E-state index in [0.717, 1.165) is 18.5 Å². The predicted molar refractivity (Wildman–Crippen MR) is 98.7 cm³/mol. The highest BCUT2D eigenvalue weighted by Gasteiger charge is 2.27. The van der Waals surface area contributed by atoms with E-state index in [-0.39, 0.29) is 11.3 Å². The summed E-state index contributed by atoms with van der Waals surface area (Å²) in [6, 6.07) is 0. The van der Waals surface area contributed by atoms with Gasteiger partial charge < -0.3 is 14.6 Å². The Labute approximate surface area is 150 Å². The Morgan fingerprint density at radius 1 is 1.32 bits per heavy atom. The van der Waals surface area contributed by atoms with Crippen LogP contribution < -0.4 is 16.1 Å². The molecular formula is C19H21ClN2O3. The van der Waals surface area contributed by atoms with E-state index >= 15 is 0 Å². The van der Waals surface area contributed by atoms with Gasteiger partial charge in [0.15, 0.2) is 0 Å². The molecule has 6 heteroatoms. The second kappa shape index (κ2) is 6.92. The second-order valence-electron chi connectivity index (χ2n) is 6.15. The van der Waals surface area contributed by atoms with Crippen molar-refractivity contribution in [1.29, 1.82) is 0 Å². The fourth-order valence-electron chi connectivity index (χ4n) is 3.33. The highest BCUT2D eigenvalue weighted by atomic mass is 35.5. The van der Waals surface area contributed by atoms with Crippen LogP contribution in [0.3, 0.4) is 0 Å². The maximum atomic E-state index is 13.1.